The van der Waals surface area contributed by atoms with E-state index in [9.17, 15) is 9.59 Å². The van der Waals surface area contributed by atoms with Gasteiger partial charge in [-0.25, -0.2) is 0 Å². The Labute approximate surface area is 167 Å². The van der Waals surface area contributed by atoms with Gasteiger partial charge in [-0.15, -0.1) is 0 Å². The van der Waals surface area contributed by atoms with E-state index in [0.717, 1.165) is 5.56 Å². The fourth-order valence-corrected chi connectivity index (χ4v) is 2.67. The number of carbonyl (C=O) groups excluding carboxylic acids is 2. The number of halogens is 2. The van der Waals surface area contributed by atoms with Crippen LogP contribution in [0.1, 0.15) is 22.3 Å². The van der Waals surface area contributed by atoms with Gasteiger partial charge in [-0.3, -0.25) is 9.59 Å². The van der Waals surface area contributed by atoms with Gasteiger partial charge in [-0.05, 0) is 48.9 Å². The number of amides is 2. The highest BCUT2D eigenvalue weighted by Crippen LogP contribution is 2.25. The molecule has 2 rings (SSSR count). The average molecular weight is 406 g/mol. The molecule has 27 heavy (non-hydrogen) atoms. The molecule has 0 heterocycles. The predicted molar refractivity (Wildman–Crippen MR) is 104 cm³/mol. The largest absolute Gasteiger partial charge is 0.483 e. The summed E-state index contributed by atoms with van der Waals surface area (Å²) in [5.41, 5.74) is 6.84. The summed E-state index contributed by atoms with van der Waals surface area (Å²) >= 11 is 12.0. The molecule has 0 saturated heterocycles. The van der Waals surface area contributed by atoms with Crippen molar-refractivity contribution in [2.24, 2.45) is 5.73 Å². The summed E-state index contributed by atoms with van der Waals surface area (Å²) in [5.74, 6) is -0.956. The van der Waals surface area contributed by atoms with E-state index >= 15 is 0 Å². The molecule has 140 valence electrons. The van der Waals surface area contributed by atoms with Gasteiger partial charge in [-0.2, -0.15) is 5.26 Å². The van der Waals surface area contributed by atoms with Gasteiger partial charge in [-0.1, -0.05) is 23.2 Å². The van der Waals surface area contributed by atoms with E-state index in [4.69, 9.17) is 38.9 Å². The standard InChI is InChI=1S/C19H17Cl2N3O3/c1-12-9-14(4-6-16(12)21)24(8-2-7-22)18(25)11-27-17-10-13(20)3-5-15(17)19(23)26/h3-6,9-10H,2,8,11H2,1H3,(H2,23,26). The van der Waals surface area contributed by atoms with Crippen LogP contribution >= 0.6 is 23.2 Å². The van der Waals surface area contributed by atoms with Crippen LogP contribution in [0, 0.1) is 18.3 Å². The van der Waals surface area contributed by atoms with Crippen molar-refractivity contribution in [3.05, 3.63) is 57.6 Å². The monoisotopic (exact) mass is 405 g/mol. The fourth-order valence-electron chi connectivity index (χ4n) is 2.39. The third-order valence-electron chi connectivity index (χ3n) is 3.76. The third-order valence-corrected chi connectivity index (χ3v) is 4.42. The van der Waals surface area contributed by atoms with Crippen LogP contribution in [0.15, 0.2) is 36.4 Å². The van der Waals surface area contributed by atoms with E-state index in [1.54, 1.807) is 18.2 Å². The summed E-state index contributed by atoms with van der Waals surface area (Å²) in [6, 6.07) is 11.5. The number of benzene rings is 2. The van der Waals surface area contributed by atoms with E-state index in [1.807, 2.05) is 13.0 Å². The number of anilines is 1. The van der Waals surface area contributed by atoms with Crippen molar-refractivity contribution < 1.29 is 14.3 Å². The molecular formula is C19H17Cl2N3O3. The van der Waals surface area contributed by atoms with E-state index in [-0.39, 0.29) is 36.8 Å². The maximum absolute atomic E-state index is 12.7. The molecule has 8 heteroatoms. The molecule has 0 aliphatic rings. The average Bonchev–Trinajstić information content (AvgIpc) is 2.62. The summed E-state index contributed by atoms with van der Waals surface area (Å²) in [5, 5.41) is 9.79. The lowest BCUT2D eigenvalue weighted by Gasteiger charge is -2.23. The molecular weight excluding hydrogens is 389 g/mol. The normalized spacial score (nSPS) is 10.1. The second-order valence-electron chi connectivity index (χ2n) is 5.68. The fraction of sp³-hybridized carbons (Fsp3) is 0.211. The number of nitriles is 1. The molecule has 2 N–H and O–H groups in total. The summed E-state index contributed by atoms with van der Waals surface area (Å²) < 4.78 is 5.49. The molecule has 0 atom stereocenters. The molecule has 0 radical (unpaired) electrons. The highest BCUT2D eigenvalue weighted by Gasteiger charge is 2.18. The summed E-state index contributed by atoms with van der Waals surface area (Å²) in [7, 11) is 0. The number of nitrogens with two attached hydrogens (primary N) is 1. The number of hydrogen-bond acceptors (Lipinski definition) is 4. The van der Waals surface area contributed by atoms with Gasteiger partial charge in [0.1, 0.15) is 5.75 Å². The Bertz CT molecular complexity index is 910. The van der Waals surface area contributed by atoms with Crippen molar-refractivity contribution in [2.45, 2.75) is 13.3 Å². The van der Waals surface area contributed by atoms with Crippen LogP contribution in [0.3, 0.4) is 0 Å². The van der Waals surface area contributed by atoms with Gasteiger partial charge in [0.15, 0.2) is 6.61 Å². The minimum Gasteiger partial charge on any atom is -0.483 e. The summed E-state index contributed by atoms with van der Waals surface area (Å²) in [6.07, 6.45) is 0.150. The Kier molecular flexibility index (Phi) is 7.05. The molecule has 0 bridgehead atoms. The number of primary amides is 1. The molecule has 2 aromatic rings. The maximum atomic E-state index is 12.7. The van der Waals surface area contributed by atoms with Gasteiger partial charge in [0.2, 0.25) is 0 Å². The number of rotatable bonds is 7. The lowest BCUT2D eigenvalue weighted by atomic mass is 10.2. The third kappa shape index (κ3) is 5.36. The highest BCUT2D eigenvalue weighted by molar-refractivity contribution is 6.31. The Balaban J connectivity index is 2.22. The quantitative estimate of drug-likeness (QED) is 0.758. The lowest BCUT2D eigenvalue weighted by Crippen LogP contribution is -2.36. The van der Waals surface area contributed by atoms with Gasteiger partial charge in [0.05, 0.1) is 18.1 Å². The second kappa shape index (κ2) is 9.26. The molecule has 6 nitrogen and oxygen atoms in total. The second-order valence-corrected chi connectivity index (χ2v) is 6.52. The number of carbonyl (C=O) groups is 2. The van der Waals surface area contributed by atoms with Crippen molar-refractivity contribution >= 4 is 40.7 Å². The first-order chi connectivity index (χ1) is 12.8. The zero-order valence-corrected chi connectivity index (χ0v) is 16.0. The Hall–Kier alpha value is -2.75. The van der Waals surface area contributed by atoms with Crippen LogP contribution in [0.2, 0.25) is 10.0 Å². The van der Waals surface area contributed by atoms with Gasteiger partial charge >= 0.3 is 0 Å². The Morgan fingerprint density at radius 1 is 1.22 bits per heavy atom. The minimum absolute atomic E-state index is 0.121. The highest BCUT2D eigenvalue weighted by atomic mass is 35.5. The summed E-state index contributed by atoms with van der Waals surface area (Å²) in [4.78, 5) is 25.6. The zero-order valence-electron chi connectivity index (χ0n) is 14.5. The molecule has 0 unspecified atom stereocenters. The zero-order chi connectivity index (χ0) is 20.0. The molecule has 0 aromatic heterocycles. The number of aryl methyl sites for hydroxylation is 1. The molecule has 0 aliphatic heterocycles. The molecule has 0 fully saturated rings. The molecule has 2 amide bonds. The molecule has 0 aliphatic carbocycles. The van der Waals surface area contributed by atoms with Crippen LogP contribution < -0.4 is 15.4 Å². The van der Waals surface area contributed by atoms with Crippen molar-refractivity contribution in [3.8, 4) is 11.8 Å². The van der Waals surface area contributed by atoms with Crippen LogP contribution in [0.4, 0.5) is 5.69 Å². The van der Waals surface area contributed by atoms with Crippen LogP contribution in [-0.4, -0.2) is 25.0 Å². The van der Waals surface area contributed by atoms with Crippen LogP contribution in [0.25, 0.3) is 0 Å². The minimum atomic E-state index is -0.691. The van der Waals surface area contributed by atoms with Gasteiger partial charge in [0, 0.05) is 22.3 Å². The van der Waals surface area contributed by atoms with E-state index in [1.165, 1.54) is 23.1 Å². The Morgan fingerprint density at radius 2 is 1.96 bits per heavy atom. The number of ether oxygens (including phenoxy) is 1. The van der Waals surface area contributed by atoms with Crippen molar-refractivity contribution in [2.75, 3.05) is 18.1 Å². The number of hydrogen-bond donors (Lipinski definition) is 1. The first-order valence-electron chi connectivity index (χ1n) is 7.99. The van der Waals surface area contributed by atoms with E-state index in [2.05, 4.69) is 0 Å². The van der Waals surface area contributed by atoms with Crippen LogP contribution in [-0.2, 0) is 4.79 Å². The number of nitrogens with zero attached hydrogens (tertiary/aromatic N) is 2. The van der Waals surface area contributed by atoms with Crippen molar-refractivity contribution in [3.63, 3.8) is 0 Å². The molecule has 0 spiro atoms. The van der Waals surface area contributed by atoms with Crippen molar-refractivity contribution in [1.82, 2.24) is 0 Å². The topological polar surface area (TPSA) is 96.4 Å². The maximum Gasteiger partial charge on any atom is 0.264 e. The lowest BCUT2D eigenvalue weighted by molar-refractivity contribution is -0.120. The first kappa shape index (κ1) is 20.6. The SMILES string of the molecule is Cc1cc(N(CCC#N)C(=O)COc2cc(Cl)ccc2C(N)=O)ccc1Cl. The molecule has 2 aromatic carbocycles. The van der Waals surface area contributed by atoms with Crippen LogP contribution in [0.5, 0.6) is 5.75 Å². The Morgan fingerprint density at radius 3 is 2.59 bits per heavy atom. The van der Waals surface area contributed by atoms with Gasteiger partial charge in [0.25, 0.3) is 11.8 Å². The summed E-state index contributed by atoms with van der Waals surface area (Å²) in [6.45, 7) is 1.66. The smallest absolute Gasteiger partial charge is 0.264 e. The predicted octanol–water partition coefficient (Wildman–Crippen LogP) is 3.73. The van der Waals surface area contributed by atoms with E-state index < -0.39 is 5.91 Å². The molecule has 0 saturated carbocycles. The van der Waals surface area contributed by atoms with Crippen molar-refractivity contribution in [1.29, 1.82) is 5.26 Å². The van der Waals surface area contributed by atoms with Gasteiger partial charge < -0.3 is 15.4 Å². The van der Waals surface area contributed by atoms with E-state index in [0.29, 0.717) is 15.7 Å². The first-order valence-corrected chi connectivity index (χ1v) is 8.74.